The largest absolute Gasteiger partial charge is 0.486 e. The number of hydrogen-bond donors (Lipinski definition) is 0. The maximum Gasteiger partial charge on any atom is 0.318 e. The van der Waals surface area contributed by atoms with Crippen molar-refractivity contribution in [3.8, 4) is 5.75 Å². The lowest BCUT2D eigenvalue weighted by Crippen LogP contribution is -2.46. The number of para-hydroxylation sites is 1. The van der Waals surface area contributed by atoms with Crippen LogP contribution in [-0.2, 0) is 19.1 Å². The Hall–Kier alpha value is -2.04. The number of fused-ring (bicyclic) bond motifs is 1. The molecule has 1 aromatic carbocycles. The number of ether oxygens (including phenoxy) is 3. The van der Waals surface area contributed by atoms with Gasteiger partial charge in [0.25, 0.3) is 0 Å². The molecule has 1 aromatic rings. The second kappa shape index (κ2) is 7.66. The van der Waals surface area contributed by atoms with Crippen molar-refractivity contribution < 1.29 is 23.8 Å². The van der Waals surface area contributed by atoms with E-state index in [1.54, 1.807) is 0 Å². The van der Waals surface area contributed by atoms with E-state index in [9.17, 15) is 9.59 Å². The van der Waals surface area contributed by atoms with Gasteiger partial charge in [0.2, 0.25) is 0 Å². The van der Waals surface area contributed by atoms with Crippen molar-refractivity contribution in [1.82, 2.24) is 0 Å². The summed E-state index contributed by atoms with van der Waals surface area (Å²) in [5.74, 6) is 0.210. The van der Waals surface area contributed by atoms with Gasteiger partial charge >= 0.3 is 11.9 Å². The van der Waals surface area contributed by atoms with Crippen molar-refractivity contribution in [3.63, 3.8) is 0 Å². The molecule has 1 aliphatic carbocycles. The highest BCUT2D eigenvalue weighted by molar-refractivity contribution is 5.82. The maximum absolute atomic E-state index is 13.1. The highest BCUT2D eigenvalue weighted by atomic mass is 16.6. The first-order valence-electron chi connectivity index (χ1n) is 10.6. The summed E-state index contributed by atoms with van der Waals surface area (Å²) in [7, 11) is 0. The van der Waals surface area contributed by atoms with Crippen molar-refractivity contribution in [2.24, 2.45) is 5.92 Å². The monoisotopic (exact) mass is 402 g/mol. The van der Waals surface area contributed by atoms with Crippen LogP contribution in [0.3, 0.4) is 0 Å². The van der Waals surface area contributed by atoms with Crippen LogP contribution < -0.4 is 4.74 Å². The summed E-state index contributed by atoms with van der Waals surface area (Å²) in [5.41, 5.74) is -0.696. The SMILES string of the molecule is CC(C)(C)OC(=O)CC1CCC2(CC1)Oc1ccccc1[C@H]2C(=O)OC(C)(C)C. The first-order valence-corrected chi connectivity index (χ1v) is 10.6. The average Bonchev–Trinajstić information content (AvgIpc) is 2.87. The lowest BCUT2D eigenvalue weighted by molar-refractivity contribution is -0.164. The third-order valence-corrected chi connectivity index (χ3v) is 5.54. The molecular formula is C24H34O5. The van der Waals surface area contributed by atoms with Crippen molar-refractivity contribution in [1.29, 1.82) is 0 Å². The van der Waals surface area contributed by atoms with Crippen molar-refractivity contribution in [3.05, 3.63) is 29.8 Å². The summed E-state index contributed by atoms with van der Waals surface area (Å²) in [5, 5.41) is 0. The molecule has 1 saturated carbocycles. The van der Waals surface area contributed by atoms with Crippen LogP contribution in [0.15, 0.2) is 24.3 Å². The van der Waals surface area contributed by atoms with Crippen LogP contribution in [0, 0.1) is 5.92 Å². The Bertz CT molecular complexity index is 760. The van der Waals surface area contributed by atoms with Gasteiger partial charge < -0.3 is 14.2 Å². The van der Waals surface area contributed by atoms with Crippen molar-refractivity contribution in [2.75, 3.05) is 0 Å². The van der Waals surface area contributed by atoms with Crippen LogP contribution in [0.1, 0.15) is 85.1 Å². The van der Waals surface area contributed by atoms with E-state index < -0.39 is 22.7 Å². The molecule has 5 heteroatoms. The van der Waals surface area contributed by atoms with Gasteiger partial charge in [-0.1, -0.05) is 18.2 Å². The molecule has 0 unspecified atom stereocenters. The Labute approximate surface area is 174 Å². The summed E-state index contributed by atoms with van der Waals surface area (Å²) in [6.07, 6.45) is 3.51. The minimum absolute atomic E-state index is 0.155. The number of carbonyl (C=O) groups excluding carboxylic acids is 2. The zero-order valence-corrected chi connectivity index (χ0v) is 18.5. The maximum atomic E-state index is 13.1. The number of hydrogen-bond acceptors (Lipinski definition) is 5. The second-order valence-electron chi connectivity index (χ2n) is 10.4. The average molecular weight is 403 g/mol. The van der Waals surface area contributed by atoms with Crippen molar-refractivity contribution >= 4 is 11.9 Å². The zero-order valence-electron chi connectivity index (χ0n) is 18.5. The molecule has 0 saturated heterocycles. The minimum atomic E-state index is -0.587. The predicted molar refractivity (Wildman–Crippen MR) is 111 cm³/mol. The molecule has 1 atom stereocenters. The first-order chi connectivity index (χ1) is 13.4. The van der Waals surface area contributed by atoms with Crippen LogP contribution in [-0.4, -0.2) is 28.7 Å². The van der Waals surface area contributed by atoms with Gasteiger partial charge in [-0.3, -0.25) is 9.59 Å². The fourth-order valence-electron chi connectivity index (χ4n) is 4.46. The van der Waals surface area contributed by atoms with Gasteiger partial charge in [0.15, 0.2) is 0 Å². The quantitative estimate of drug-likeness (QED) is 0.653. The fourth-order valence-corrected chi connectivity index (χ4v) is 4.46. The van der Waals surface area contributed by atoms with E-state index in [1.807, 2.05) is 65.8 Å². The van der Waals surface area contributed by atoms with Crippen LogP contribution >= 0.6 is 0 Å². The molecule has 1 spiro atoms. The summed E-state index contributed by atoms with van der Waals surface area (Å²) in [4.78, 5) is 25.4. The molecule has 0 radical (unpaired) electrons. The third kappa shape index (κ3) is 5.12. The minimum Gasteiger partial charge on any atom is -0.486 e. The molecule has 0 amide bonds. The third-order valence-electron chi connectivity index (χ3n) is 5.54. The summed E-state index contributed by atoms with van der Waals surface area (Å²) < 4.78 is 17.6. The van der Waals surface area contributed by atoms with Gasteiger partial charge in [0.05, 0.1) is 0 Å². The number of rotatable bonds is 3. The molecule has 1 fully saturated rings. The van der Waals surface area contributed by atoms with E-state index >= 15 is 0 Å². The fraction of sp³-hybridized carbons (Fsp3) is 0.667. The number of esters is 2. The van der Waals surface area contributed by atoms with Gasteiger partial charge in [-0.2, -0.15) is 0 Å². The van der Waals surface area contributed by atoms with Gasteiger partial charge in [0, 0.05) is 12.0 Å². The lowest BCUT2D eigenvalue weighted by Gasteiger charge is -2.40. The molecule has 5 nitrogen and oxygen atoms in total. The second-order valence-corrected chi connectivity index (χ2v) is 10.4. The van der Waals surface area contributed by atoms with Crippen LogP contribution in [0.5, 0.6) is 5.75 Å². The lowest BCUT2D eigenvalue weighted by atomic mass is 9.70. The smallest absolute Gasteiger partial charge is 0.318 e. The molecule has 160 valence electrons. The van der Waals surface area contributed by atoms with E-state index in [2.05, 4.69) is 0 Å². The van der Waals surface area contributed by atoms with E-state index in [4.69, 9.17) is 14.2 Å². The normalized spacial score (nSPS) is 26.6. The van der Waals surface area contributed by atoms with Gasteiger partial charge in [-0.15, -0.1) is 0 Å². The van der Waals surface area contributed by atoms with Crippen molar-refractivity contribution in [2.45, 2.75) is 96.4 Å². The molecular weight excluding hydrogens is 368 g/mol. The Balaban J connectivity index is 1.74. The number of benzene rings is 1. The Morgan fingerprint density at radius 3 is 2.17 bits per heavy atom. The van der Waals surface area contributed by atoms with E-state index in [-0.39, 0.29) is 17.9 Å². The summed E-state index contributed by atoms with van der Waals surface area (Å²) in [6, 6.07) is 7.75. The standard InChI is InChI=1S/C24H34O5/c1-22(2,3)28-19(25)15-16-11-13-24(14-12-16)20(21(26)29-23(4,5)6)17-9-7-8-10-18(17)27-24/h7-10,16,20H,11-15H2,1-6H3/t16?,20-,24?/m0/s1. The van der Waals surface area contributed by atoms with Crippen LogP contribution in [0.4, 0.5) is 0 Å². The van der Waals surface area contributed by atoms with Crippen LogP contribution in [0.25, 0.3) is 0 Å². The Morgan fingerprint density at radius 2 is 1.59 bits per heavy atom. The van der Waals surface area contributed by atoms with Gasteiger partial charge in [-0.05, 0) is 79.2 Å². The van der Waals surface area contributed by atoms with Gasteiger partial charge in [-0.25, -0.2) is 0 Å². The molecule has 2 aliphatic rings. The Morgan fingerprint density at radius 1 is 1.00 bits per heavy atom. The predicted octanol–water partition coefficient (Wildman–Crippen LogP) is 5.17. The molecule has 3 rings (SSSR count). The van der Waals surface area contributed by atoms with Crippen LogP contribution in [0.2, 0.25) is 0 Å². The molecule has 1 heterocycles. The summed E-state index contributed by atoms with van der Waals surface area (Å²) in [6.45, 7) is 11.3. The van der Waals surface area contributed by atoms with E-state index in [1.165, 1.54) is 0 Å². The molecule has 0 aromatic heterocycles. The molecule has 0 bridgehead atoms. The first kappa shape index (κ1) is 21.7. The van der Waals surface area contributed by atoms with E-state index in [0.717, 1.165) is 37.0 Å². The highest BCUT2D eigenvalue weighted by Gasteiger charge is 2.54. The zero-order chi connectivity index (χ0) is 21.4. The Kier molecular flexibility index (Phi) is 5.72. The van der Waals surface area contributed by atoms with Gasteiger partial charge in [0.1, 0.15) is 28.5 Å². The number of carbonyl (C=O) groups is 2. The molecule has 29 heavy (non-hydrogen) atoms. The summed E-state index contributed by atoms with van der Waals surface area (Å²) >= 11 is 0. The molecule has 0 N–H and O–H groups in total. The highest BCUT2D eigenvalue weighted by Crippen LogP contribution is 2.53. The topological polar surface area (TPSA) is 61.8 Å². The molecule has 1 aliphatic heterocycles. The van der Waals surface area contributed by atoms with E-state index in [0.29, 0.717) is 6.42 Å².